The third-order valence-corrected chi connectivity index (χ3v) is 4.10. The topological polar surface area (TPSA) is 66.9 Å². The van der Waals surface area contributed by atoms with Crippen molar-refractivity contribution in [2.75, 3.05) is 10.6 Å². The molecule has 0 fully saturated rings. The van der Waals surface area contributed by atoms with Crippen molar-refractivity contribution in [3.8, 4) is 0 Å². The molecule has 2 aromatic carbocycles. The van der Waals surface area contributed by atoms with Gasteiger partial charge in [-0.1, -0.05) is 39.0 Å². The molecule has 2 N–H and O–H groups in total. The monoisotopic (exact) mass is 382 g/mol. The number of nitrogens with one attached hydrogen (secondary N) is 2. The summed E-state index contributed by atoms with van der Waals surface area (Å²) in [5.74, 6) is -2.26. The second-order valence-corrected chi connectivity index (χ2v) is 7.27. The van der Waals surface area contributed by atoms with E-state index < -0.39 is 23.2 Å². The number of amides is 1. The van der Waals surface area contributed by atoms with E-state index in [1.807, 2.05) is 24.3 Å². The molecule has 0 aliphatic rings. The van der Waals surface area contributed by atoms with Crippen LogP contribution in [0.4, 0.5) is 26.1 Å². The molecular formula is C21H20F2N4O. The van der Waals surface area contributed by atoms with Gasteiger partial charge in [0.2, 0.25) is 5.95 Å². The van der Waals surface area contributed by atoms with Crippen LogP contribution in [0.3, 0.4) is 0 Å². The molecule has 0 radical (unpaired) electrons. The molecule has 7 heteroatoms. The predicted molar refractivity (Wildman–Crippen MR) is 105 cm³/mol. The van der Waals surface area contributed by atoms with Crippen LogP contribution >= 0.6 is 0 Å². The number of carbonyl (C=O) groups excluding carboxylic acids is 1. The van der Waals surface area contributed by atoms with Crippen LogP contribution in [-0.2, 0) is 5.41 Å². The van der Waals surface area contributed by atoms with Gasteiger partial charge in [-0.05, 0) is 41.3 Å². The highest BCUT2D eigenvalue weighted by Gasteiger charge is 2.16. The minimum absolute atomic E-state index is 0.0218. The van der Waals surface area contributed by atoms with Gasteiger partial charge in [-0.2, -0.15) is 0 Å². The summed E-state index contributed by atoms with van der Waals surface area (Å²) in [6.45, 7) is 6.37. The molecule has 0 aliphatic carbocycles. The Kier molecular flexibility index (Phi) is 5.35. The zero-order valence-corrected chi connectivity index (χ0v) is 15.8. The van der Waals surface area contributed by atoms with Crippen molar-refractivity contribution < 1.29 is 13.6 Å². The number of anilines is 3. The molecule has 28 heavy (non-hydrogen) atoms. The predicted octanol–water partition coefficient (Wildman–Crippen LogP) is 5.05. The fourth-order valence-electron chi connectivity index (χ4n) is 2.52. The zero-order chi connectivity index (χ0) is 20.3. The summed E-state index contributed by atoms with van der Waals surface area (Å²) in [6, 6.07) is 12.5. The lowest BCUT2D eigenvalue weighted by Gasteiger charge is -2.19. The third kappa shape index (κ3) is 4.49. The average molecular weight is 382 g/mol. The van der Waals surface area contributed by atoms with Gasteiger partial charge in [0.05, 0.1) is 0 Å². The van der Waals surface area contributed by atoms with Crippen molar-refractivity contribution >= 4 is 23.2 Å². The lowest BCUT2D eigenvalue weighted by Crippen LogP contribution is -2.16. The lowest BCUT2D eigenvalue weighted by molar-refractivity contribution is 0.102. The van der Waals surface area contributed by atoms with Crippen LogP contribution < -0.4 is 10.6 Å². The molecule has 3 rings (SSSR count). The summed E-state index contributed by atoms with van der Waals surface area (Å²) in [5.41, 5.74) is 1.43. The standard InChI is InChI=1S/C21H20F2N4O/c1-21(2,3)13-7-9-14(10-8-13)25-20-24-12-11-17(26-20)19(28)27-18-15(22)5-4-6-16(18)23/h4-12H,1-3H3,(H,27,28)(H,24,25,26). The molecule has 5 nitrogen and oxygen atoms in total. The summed E-state index contributed by atoms with van der Waals surface area (Å²) in [7, 11) is 0. The van der Waals surface area contributed by atoms with E-state index in [4.69, 9.17) is 0 Å². The van der Waals surface area contributed by atoms with Crippen molar-refractivity contribution in [1.82, 2.24) is 9.97 Å². The molecule has 3 aromatic rings. The van der Waals surface area contributed by atoms with E-state index in [1.165, 1.54) is 23.9 Å². The van der Waals surface area contributed by atoms with Crippen LogP contribution in [0.2, 0.25) is 0 Å². The Labute approximate surface area is 161 Å². The molecule has 0 bridgehead atoms. The summed E-state index contributed by atoms with van der Waals surface area (Å²) in [6.07, 6.45) is 1.39. The normalized spacial score (nSPS) is 11.2. The number of hydrogen-bond acceptors (Lipinski definition) is 4. The first kappa shape index (κ1) is 19.4. The van der Waals surface area contributed by atoms with E-state index in [9.17, 15) is 13.6 Å². The smallest absolute Gasteiger partial charge is 0.274 e. The Bertz CT molecular complexity index is 978. The van der Waals surface area contributed by atoms with Gasteiger partial charge in [0.1, 0.15) is 23.0 Å². The van der Waals surface area contributed by atoms with E-state index >= 15 is 0 Å². The molecule has 1 heterocycles. The Morgan fingerprint density at radius 2 is 1.61 bits per heavy atom. The van der Waals surface area contributed by atoms with E-state index in [0.717, 1.165) is 17.8 Å². The Balaban J connectivity index is 1.76. The Morgan fingerprint density at radius 3 is 2.21 bits per heavy atom. The number of para-hydroxylation sites is 1. The number of benzene rings is 2. The highest BCUT2D eigenvalue weighted by atomic mass is 19.1. The van der Waals surface area contributed by atoms with E-state index in [2.05, 4.69) is 41.4 Å². The first-order valence-electron chi connectivity index (χ1n) is 8.70. The lowest BCUT2D eigenvalue weighted by atomic mass is 9.87. The average Bonchev–Trinajstić information content (AvgIpc) is 2.64. The first-order valence-corrected chi connectivity index (χ1v) is 8.70. The fourth-order valence-corrected chi connectivity index (χ4v) is 2.52. The second-order valence-electron chi connectivity index (χ2n) is 7.27. The largest absolute Gasteiger partial charge is 0.324 e. The number of hydrogen-bond donors (Lipinski definition) is 2. The minimum atomic E-state index is -0.861. The van der Waals surface area contributed by atoms with Gasteiger partial charge in [-0.25, -0.2) is 18.7 Å². The van der Waals surface area contributed by atoms with Crippen molar-refractivity contribution in [3.63, 3.8) is 0 Å². The highest BCUT2D eigenvalue weighted by Crippen LogP contribution is 2.24. The van der Waals surface area contributed by atoms with Crippen LogP contribution in [0.1, 0.15) is 36.8 Å². The molecular weight excluding hydrogens is 362 g/mol. The maximum atomic E-state index is 13.7. The molecule has 0 aliphatic heterocycles. The Hall–Kier alpha value is -3.35. The molecule has 0 unspecified atom stereocenters. The maximum absolute atomic E-state index is 13.7. The van der Waals surface area contributed by atoms with Crippen molar-refractivity contribution in [1.29, 1.82) is 0 Å². The maximum Gasteiger partial charge on any atom is 0.274 e. The fraction of sp³-hybridized carbons (Fsp3) is 0.190. The van der Waals surface area contributed by atoms with Gasteiger partial charge in [0, 0.05) is 11.9 Å². The van der Waals surface area contributed by atoms with Crippen LogP contribution in [-0.4, -0.2) is 15.9 Å². The molecule has 0 saturated carbocycles. The van der Waals surface area contributed by atoms with Gasteiger partial charge in [-0.15, -0.1) is 0 Å². The molecule has 0 spiro atoms. The summed E-state index contributed by atoms with van der Waals surface area (Å²) < 4.78 is 27.4. The number of rotatable bonds is 4. The molecule has 0 atom stereocenters. The van der Waals surface area contributed by atoms with Crippen molar-refractivity contribution in [2.24, 2.45) is 0 Å². The van der Waals surface area contributed by atoms with Crippen molar-refractivity contribution in [2.45, 2.75) is 26.2 Å². The molecule has 0 saturated heterocycles. The number of aromatic nitrogens is 2. The first-order chi connectivity index (χ1) is 13.2. The van der Waals surface area contributed by atoms with Gasteiger partial charge >= 0.3 is 0 Å². The third-order valence-electron chi connectivity index (χ3n) is 4.10. The van der Waals surface area contributed by atoms with Crippen molar-refractivity contribution in [3.05, 3.63) is 77.6 Å². The number of halogens is 2. The zero-order valence-electron chi connectivity index (χ0n) is 15.8. The van der Waals surface area contributed by atoms with E-state index in [1.54, 1.807) is 0 Å². The highest BCUT2D eigenvalue weighted by molar-refractivity contribution is 6.03. The molecule has 1 aromatic heterocycles. The minimum Gasteiger partial charge on any atom is -0.324 e. The SMILES string of the molecule is CC(C)(C)c1ccc(Nc2nccc(C(=O)Nc3c(F)cccc3F)n2)cc1. The van der Waals surface area contributed by atoms with Crippen LogP contribution in [0.15, 0.2) is 54.7 Å². The van der Waals surface area contributed by atoms with Gasteiger partial charge in [0.15, 0.2) is 0 Å². The quantitative estimate of drug-likeness (QED) is 0.663. The summed E-state index contributed by atoms with van der Waals surface area (Å²) >= 11 is 0. The van der Waals surface area contributed by atoms with Crippen LogP contribution in [0, 0.1) is 11.6 Å². The van der Waals surface area contributed by atoms with Crippen LogP contribution in [0.25, 0.3) is 0 Å². The Morgan fingerprint density at radius 1 is 0.964 bits per heavy atom. The van der Waals surface area contributed by atoms with E-state index in [-0.39, 0.29) is 17.1 Å². The molecule has 1 amide bonds. The van der Waals surface area contributed by atoms with Gasteiger partial charge < -0.3 is 10.6 Å². The number of carbonyl (C=O) groups is 1. The van der Waals surface area contributed by atoms with E-state index in [0.29, 0.717) is 0 Å². The second kappa shape index (κ2) is 7.72. The van der Waals surface area contributed by atoms with Gasteiger partial charge in [-0.3, -0.25) is 4.79 Å². The summed E-state index contributed by atoms with van der Waals surface area (Å²) in [4.78, 5) is 20.5. The van der Waals surface area contributed by atoms with Crippen LogP contribution in [0.5, 0.6) is 0 Å². The van der Waals surface area contributed by atoms with Gasteiger partial charge in [0.25, 0.3) is 5.91 Å². The summed E-state index contributed by atoms with van der Waals surface area (Å²) in [5, 5.41) is 5.22. The molecule has 144 valence electrons. The number of nitrogens with zero attached hydrogens (tertiary/aromatic N) is 2.